The van der Waals surface area contributed by atoms with Gasteiger partial charge in [-0.2, -0.15) is 0 Å². The maximum Gasteiger partial charge on any atom is 0.322 e. The minimum atomic E-state index is -3.49. The van der Waals surface area contributed by atoms with Crippen molar-refractivity contribution < 1.29 is 18.3 Å². The van der Waals surface area contributed by atoms with E-state index in [-0.39, 0.29) is 12.2 Å². The lowest BCUT2D eigenvalue weighted by Crippen LogP contribution is -2.41. The summed E-state index contributed by atoms with van der Waals surface area (Å²) in [7, 11) is -3.49. The molecular formula is C21H40N2O4S. The summed E-state index contributed by atoms with van der Waals surface area (Å²) in [6, 6.07) is 0.637. The van der Waals surface area contributed by atoms with Crippen LogP contribution < -0.4 is 10.0 Å². The topological polar surface area (TPSA) is 95.5 Å². The fourth-order valence-electron chi connectivity index (χ4n) is 3.85. The van der Waals surface area contributed by atoms with Crippen LogP contribution in [0.4, 0.5) is 0 Å². The molecule has 0 heterocycles. The first-order valence-corrected chi connectivity index (χ1v) is 12.6. The van der Waals surface area contributed by atoms with Gasteiger partial charge in [-0.3, -0.25) is 4.79 Å². The van der Waals surface area contributed by atoms with Crippen LogP contribution in [0, 0.1) is 0 Å². The average molecular weight is 417 g/mol. The third-order valence-corrected chi connectivity index (χ3v) is 6.94. The lowest BCUT2D eigenvalue weighted by molar-refractivity contribution is -0.138. The molecule has 0 aromatic carbocycles. The highest BCUT2D eigenvalue weighted by Gasteiger charge is 2.22. The van der Waals surface area contributed by atoms with E-state index in [4.69, 9.17) is 5.11 Å². The SMILES string of the molecule is C1CCC(NC2CCCCC2)CC1.C=CCC(NS(=O)(=O)CCCC)C(=O)O. The van der Waals surface area contributed by atoms with Crippen molar-refractivity contribution in [1.82, 2.24) is 10.0 Å². The Balaban J connectivity index is 0.000000281. The predicted octanol–water partition coefficient (Wildman–Crippen LogP) is 3.98. The minimum absolute atomic E-state index is 0.0373. The highest BCUT2D eigenvalue weighted by molar-refractivity contribution is 7.89. The lowest BCUT2D eigenvalue weighted by Gasteiger charge is -2.30. The molecule has 0 saturated heterocycles. The highest BCUT2D eigenvalue weighted by atomic mass is 32.2. The Bertz CT molecular complexity index is 523. The van der Waals surface area contributed by atoms with Gasteiger partial charge in [0.1, 0.15) is 6.04 Å². The van der Waals surface area contributed by atoms with Crippen LogP contribution in [0.2, 0.25) is 0 Å². The molecule has 0 spiro atoms. The van der Waals surface area contributed by atoms with Gasteiger partial charge in [0, 0.05) is 12.1 Å². The summed E-state index contributed by atoms with van der Waals surface area (Å²) >= 11 is 0. The fraction of sp³-hybridized carbons (Fsp3) is 0.857. The molecule has 1 unspecified atom stereocenters. The zero-order valence-electron chi connectivity index (χ0n) is 17.5. The van der Waals surface area contributed by atoms with Crippen LogP contribution in [0.25, 0.3) is 0 Å². The number of nitrogens with one attached hydrogen (secondary N) is 2. The van der Waals surface area contributed by atoms with Gasteiger partial charge < -0.3 is 10.4 Å². The van der Waals surface area contributed by atoms with Crippen LogP contribution in [-0.4, -0.2) is 43.4 Å². The second-order valence-corrected chi connectivity index (χ2v) is 9.92. The monoisotopic (exact) mass is 416 g/mol. The van der Waals surface area contributed by atoms with E-state index in [1.165, 1.54) is 70.3 Å². The molecule has 0 aliphatic heterocycles. The Morgan fingerprint density at radius 3 is 1.96 bits per heavy atom. The smallest absolute Gasteiger partial charge is 0.322 e. The Morgan fingerprint density at radius 2 is 1.57 bits per heavy atom. The molecule has 0 aromatic heterocycles. The fourth-order valence-corrected chi connectivity index (χ4v) is 5.26. The van der Waals surface area contributed by atoms with Gasteiger partial charge in [0.25, 0.3) is 0 Å². The number of carboxylic acids is 1. The van der Waals surface area contributed by atoms with Gasteiger partial charge in [0.15, 0.2) is 0 Å². The van der Waals surface area contributed by atoms with Crippen LogP contribution in [0.3, 0.4) is 0 Å². The molecule has 6 nitrogen and oxygen atoms in total. The van der Waals surface area contributed by atoms with E-state index >= 15 is 0 Å². The molecule has 1 atom stereocenters. The molecule has 3 N–H and O–H groups in total. The van der Waals surface area contributed by atoms with Crippen molar-refractivity contribution in [3.05, 3.63) is 12.7 Å². The number of rotatable bonds is 10. The molecule has 2 rings (SSSR count). The number of hydrogen-bond acceptors (Lipinski definition) is 4. The van der Waals surface area contributed by atoms with Crippen molar-refractivity contribution in [3.63, 3.8) is 0 Å². The van der Waals surface area contributed by atoms with Crippen LogP contribution in [0.15, 0.2) is 12.7 Å². The van der Waals surface area contributed by atoms with Crippen molar-refractivity contribution in [2.24, 2.45) is 0 Å². The maximum atomic E-state index is 11.4. The van der Waals surface area contributed by atoms with Gasteiger partial charge in [-0.25, -0.2) is 13.1 Å². The predicted molar refractivity (Wildman–Crippen MR) is 115 cm³/mol. The number of carboxylic acid groups (broad SMARTS) is 1. The van der Waals surface area contributed by atoms with E-state index in [0.29, 0.717) is 6.42 Å². The second-order valence-electron chi connectivity index (χ2n) is 8.04. The number of hydrogen-bond donors (Lipinski definition) is 3. The molecule has 2 aliphatic rings. The van der Waals surface area contributed by atoms with E-state index in [1.54, 1.807) is 0 Å². The quantitative estimate of drug-likeness (QED) is 0.468. The van der Waals surface area contributed by atoms with Crippen molar-refractivity contribution in [3.8, 4) is 0 Å². The van der Waals surface area contributed by atoms with Crippen molar-refractivity contribution in [1.29, 1.82) is 0 Å². The molecule has 164 valence electrons. The van der Waals surface area contributed by atoms with E-state index in [2.05, 4.69) is 16.6 Å². The van der Waals surface area contributed by atoms with Gasteiger partial charge >= 0.3 is 5.97 Å². The van der Waals surface area contributed by atoms with Gasteiger partial charge in [-0.15, -0.1) is 6.58 Å². The molecular weight excluding hydrogens is 376 g/mol. The van der Waals surface area contributed by atoms with Crippen LogP contribution >= 0.6 is 0 Å². The standard InChI is InChI=1S/C12H23N.C9H17NO4S/c1-3-7-11(8-4-1)13-12-9-5-2-6-10-12;1-3-5-7-15(13,14)10-8(6-4-2)9(11)12/h11-13H,1-10H2;4,8,10H,2-3,5-7H2,1H3,(H,11,12). The van der Waals surface area contributed by atoms with Crippen LogP contribution in [0.5, 0.6) is 0 Å². The first kappa shape index (κ1) is 25.1. The molecule has 0 amide bonds. The molecule has 0 aromatic rings. The zero-order valence-corrected chi connectivity index (χ0v) is 18.3. The van der Waals surface area contributed by atoms with E-state index in [9.17, 15) is 13.2 Å². The van der Waals surface area contributed by atoms with Crippen molar-refractivity contribution >= 4 is 16.0 Å². The summed E-state index contributed by atoms with van der Waals surface area (Å²) in [5.41, 5.74) is 0. The van der Waals surface area contributed by atoms with E-state index in [0.717, 1.165) is 18.5 Å². The Labute approximate surface area is 171 Å². The summed E-state index contributed by atoms with van der Waals surface area (Å²) in [6.45, 7) is 5.25. The van der Waals surface area contributed by atoms with Crippen molar-refractivity contribution in [2.45, 2.75) is 109 Å². The van der Waals surface area contributed by atoms with Gasteiger partial charge in [-0.1, -0.05) is 57.9 Å². The molecule has 0 bridgehead atoms. The first-order chi connectivity index (χ1) is 13.4. The lowest BCUT2D eigenvalue weighted by atomic mass is 9.91. The van der Waals surface area contributed by atoms with E-state index in [1.807, 2.05) is 6.92 Å². The van der Waals surface area contributed by atoms with Crippen LogP contribution in [0.1, 0.15) is 90.4 Å². The van der Waals surface area contributed by atoms with Gasteiger partial charge in [-0.05, 0) is 38.5 Å². The van der Waals surface area contributed by atoms with Gasteiger partial charge in [0.05, 0.1) is 5.75 Å². The summed E-state index contributed by atoms with van der Waals surface area (Å²) in [5.74, 6) is -1.22. The molecule has 2 fully saturated rings. The average Bonchev–Trinajstić information content (AvgIpc) is 2.68. The highest BCUT2D eigenvalue weighted by Crippen LogP contribution is 2.22. The number of carbonyl (C=O) groups is 1. The van der Waals surface area contributed by atoms with Crippen LogP contribution in [-0.2, 0) is 14.8 Å². The maximum absolute atomic E-state index is 11.4. The van der Waals surface area contributed by atoms with E-state index < -0.39 is 22.0 Å². The summed E-state index contributed by atoms with van der Waals surface area (Å²) in [4.78, 5) is 10.7. The number of unbranched alkanes of at least 4 members (excludes halogenated alkanes) is 1. The summed E-state index contributed by atoms with van der Waals surface area (Å²) < 4.78 is 24.9. The Kier molecular flexibility index (Phi) is 12.7. The number of aliphatic carboxylic acids is 1. The Morgan fingerprint density at radius 1 is 1.07 bits per heavy atom. The minimum Gasteiger partial charge on any atom is -0.480 e. The molecule has 28 heavy (non-hydrogen) atoms. The molecule has 7 heteroatoms. The zero-order chi connectivity index (χ0) is 20.8. The summed E-state index contributed by atoms with van der Waals surface area (Å²) in [5, 5.41) is 12.6. The largest absolute Gasteiger partial charge is 0.480 e. The molecule has 2 saturated carbocycles. The third-order valence-electron chi connectivity index (χ3n) is 5.47. The molecule has 0 radical (unpaired) electrons. The third kappa shape index (κ3) is 11.2. The summed E-state index contributed by atoms with van der Waals surface area (Å²) in [6.07, 6.45) is 17.3. The number of sulfonamides is 1. The van der Waals surface area contributed by atoms with Gasteiger partial charge in [0.2, 0.25) is 10.0 Å². The normalized spacial score (nSPS) is 20.0. The second kappa shape index (κ2) is 14.1. The Hall–Kier alpha value is -0.920. The molecule has 2 aliphatic carbocycles. The van der Waals surface area contributed by atoms with Crippen molar-refractivity contribution in [2.75, 3.05) is 5.75 Å². The first-order valence-electron chi connectivity index (χ1n) is 11.0.